The Balaban J connectivity index is 2.65. The van der Waals surface area contributed by atoms with Gasteiger partial charge in [0.05, 0.1) is 6.61 Å². The Kier molecular flexibility index (Phi) is 5.08. The van der Waals surface area contributed by atoms with Gasteiger partial charge in [-0.05, 0) is 18.2 Å². The number of benzene rings is 1. The third-order valence-electron chi connectivity index (χ3n) is 1.72. The van der Waals surface area contributed by atoms with Gasteiger partial charge in [0.1, 0.15) is 0 Å². The van der Waals surface area contributed by atoms with Crippen LogP contribution in [-0.2, 0) is 4.74 Å². The fraction of sp³-hybridized carbons (Fsp3) is 0.300. The molecule has 0 aliphatic rings. The summed E-state index contributed by atoms with van der Waals surface area (Å²) in [5, 5.41) is 3.24. The van der Waals surface area contributed by atoms with E-state index in [0.29, 0.717) is 23.7 Å². The molecule has 0 aliphatic heterocycles. The highest BCUT2D eigenvalue weighted by Gasteiger charge is 2.06. The minimum absolute atomic E-state index is 0.157. The average molecular weight is 293 g/mol. The molecule has 0 unspecified atom stereocenters. The lowest BCUT2D eigenvalue weighted by Crippen LogP contribution is -2.26. The maximum atomic E-state index is 11.6. The van der Waals surface area contributed by atoms with E-state index in [2.05, 4.69) is 21.2 Å². The van der Waals surface area contributed by atoms with Crippen LogP contribution in [0.5, 0.6) is 0 Å². The summed E-state index contributed by atoms with van der Waals surface area (Å²) in [7, 11) is 1.59. The molecule has 3 nitrogen and oxygen atoms in total. The number of amides is 1. The van der Waals surface area contributed by atoms with Gasteiger partial charge >= 0.3 is 0 Å². The summed E-state index contributed by atoms with van der Waals surface area (Å²) in [6, 6.07) is 5.07. The first-order valence-corrected chi connectivity index (χ1v) is 5.54. The molecule has 0 saturated carbocycles. The second-order valence-corrected chi connectivity index (χ2v) is 4.26. The van der Waals surface area contributed by atoms with Gasteiger partial charge < -0.3 is 10.1 Å². The van der Waals surface area contributed by atoms with Gasteiger partial charge in [0.15, 0.2) is 0 Å². The number of halogens is 2. The Morgan fingerprint density at radius 1 is 1.53 bits per heavy atom. The van der Waals surface area contributed by atoms with E-state index in [1.807, 2.05) is 0 Å². The van der Waals surface area contributed by atoms with Crippen molar-refractivity contribution in [2.45, 2.75) is 0 Å². The number of hydrogen-bond donors (Lipinski definition) is 1. The highest BCUT2D eigenvalue weighted by Crippen LogP contribution is 2.19. The minimum Gasteiger partial charge on any atom is -0.383 e. The highest BCUT2D eigenvalue weighted by atomic mass is 79.9. The molecule has 0 radical (unpaired) electrons. The molecule has 0 atom stereocenters. The average Bonchev–Trinajstić information content (AvgIpc) is 2.16. The van der Waals surface area contributed by atoms with Crippen molar-refractivity contribution in [3.8, 4) is 0 Å². The Labute approximate surface area is 102 Å². The van der Waals surface area contributed by atoms with Gasteiger partial charge in [-0.25, -0.2) is 0 Å². The summed E-state index contributed by atoms with van der Waals surface area (Å²) in [6.45, 7) is 0.979. The van der Waals surface area contributed by atoms with Crippen molar-refractivity contribution in [2.24, 2.45) is 0 Å². The summed E-state index contributed by atoms with van der Waals surface area (Å²) in [6.07, 6.45) is 0. The molecule has 0 heterocycles. The maximum Gasteiger partial charge on any atom is 0.251 e. The lowest BCUT2D eigenvalue weighted by molar-refractivity contribution is 0.0937. The summed E-state index contributed by atoms with van der Waals surface area (Å²) >= 11 is 9.09. The molecule has 0 fully saturated rings. The van der Waals surface area contributed by atoms with Crippen molar-refractivity contribution >= 4 is 33.4 Å². The fourth-order valence-electron chi connectivity index (χ4n) is 1.05. The molecule has 1 aromatic rings. The SMILES string of the molecule is COCCNC(=O)c1cc(Cl)cc(Br)c1. The van der Waals surface area contributed by atoms with Gasteiger partial charge in [-0.3, -0.25) is 4.79 Å². The zero-order chi connectivity index (χ0) is 11.3. The number of carbonyl (C=O) groups is 1. The van der Waals surface area contributed by atoms with E-state index in [0.717, 1.165) is 4.47 Å². The van der Waals surface area contributed by atoms with Crippen molar-refractivity contribution in [1.82, 2.24) is 5.32 Å². The van der Waals surface area contributed by atoms with E-state index in [9.17, 15) is 4.79 Å². The van der Waals surface area contributed by atoms with Gasteiger partial charge in [-0.2, -0.15) is 0 Å². The van der Waals surface area contributed by atoms with Gasteiger partial charge in [0, 0.05) is 28.7 Å². The predicted octanol–water partition coefficient (Wildman–Crippen LogP) is 2.48. The molecule has 1 amide bonds. The topological polar surface area (TPSA) is 38.3 Å². The van der Waals surface area contributed by atoms with Crippen molar-refractivity contribution in [3.05, 3.63) is 33.3 Å². The number of hydrogen-bond acceptors (Lipinski definition) is 2. The minimum atomic E-state index is -0.157. The second-order valence-electron chi connectivity index (χ2n) is 2.91. The van der Waals surface area contributed by atoms with Gasteiger partial charge in [-0.15, -0.1) is 0 Å². The first-order valence-electron chi connectivity index (χ1n) is 4.36. The van der Waals surface area contributed by atoms with Crippen LogP contribution in [0.15, 0.2) is 22.7 Å². The third-order valence-corrected chi connectivity index (χ3v) is 2.39. The highest BCUT2D eigenvalue weighted by molar-refractivity contribution is 9.10. The Hall–Kier alpha value is -0.580. The largest absolute Gasteiger partial charge is 0.383 e. The van der Waals surface area contributed by atoms with Crippen molar-refractivity contribution in [1.29, 1.82) is 0 Å². The van der Waals surface area contributed by atoms with Crippen molar-refractivity contribution in [2.75, 3.05) is 20.3 Å². The van der Waals surface area contributed by atoms with Crippen LogP contribution < -0.4 is 5.32 Å². The molecule has 0 bridgehead atoms. The van der Waals surface area contributed by atoms with Crippen LogP contribution in [0.25, 0.3) is 0 Å². The van der Waals surface area contributed by atoms with Crippen LogP contribution in [0.3, 0.4) is 0 Å². The van der Waals surface area contributed by atoms with Crippen LogP contribution in [0, 0.1) is 0 Å². The van der Waals surface area contributed by atoms with Gasteiger partial charge in [-0.1, -0.05) is 27.5 Å². The van der Waals surface area contributed by atoms with Crippen LogP contribution in [0.2, 0.25) is 5.02 Å². The number of nitrogens with one attached hydrogen (secondary N) is 1. The van der Waals surface area contributed by atoms with Crippen LogP contribution >= 0.6 is 27.5 Å². The normalized spacial score (nSPS) is 10.1. The van der Waals surface area contributed by atoms with Gasteiger partial charge in [0.25, 0.3) is 5.91 Å². The fourth-order valence-corrected chi connectivity index (χ4v) is 1.91. The molecule has 5 heteroatoms. The molecule has 1 N–H and O–H groups in total. The lowest BCUT2D eigenvalue weighted by Gasteiger charge is -2.05. The van der Waals surface area contributed by atoms with E-state index in [4.69, 9.17) is 16.3 Å². The summed E-state index contributed by atoms with van der Waals surface area (Å²) in [5.74, 6) is -0.157. The molecule has 0 aromatic heterocycles. The van der Waals surface area contributed by atoms with Crippen molar-refractivity contribution < 1.29 is 9.53 Å². The number of rotatable bonds is 4. The molecule has 1 rings (SSSR count). The van der Waals surface area contributed by atoms with Crippen LogP contribution in [0.4, 0.5) is 0 Å². The molecule has 82 valence electrons. The zero-order valence-electron chi connectivity index (χ0n) is 8.22. The quantitative estimate of drug-likeness (QED) is 0.866. The molecule has 0 spiro atoms. The Bertz CT molecular complexity index is 337. The summed E-state index contributed by atoms with van der Waals surface area (Å²) < 4.78 is 5.61. The maximum absolute atomic E-state index is 11.6. The molecule has 0 saturated heterocycles. The lowest BCUT2D eigenvalue weighted by atomic mass is 10.2. The first-order chi connectivity index (χ1) is 7.13. The summed E-state index contributed by atoms with van der Waals surface area (Å²) in [5.41, 5.74) is 0.533. The zero-order valence-corrected chi connectivity index (χ0v) is 10.6. The molecular formula is C10H11BrClNO2. The number of ether oxygens (including phenoxy) is 1. The number of methoxy groups -OCH3 is 1. The third kappa shape index (κ3) is 4.20. The molecular weight excluding hydrogens is 281 g/mol. The summed E-state index contributed by atoms with van der Waals surface area (Å²) in [4.78, 5) is 11.6. The Morgan fingerprint density at radius 3 is 2.87 bits per heavy atom. The van der Waals surface area contributed by atoms with Crippen molar-refractivity contribution in [3.63, 3.8) is 0 Å². The standard InChI is InChI=1S/C10H11BrClNO2/c1-15-3-2-13-10(14)7-4-8(11)6-9(12)5-7/h4-6H,2-3H2,1H3,(H,13,14). The van der Waals surface area contributed by atoms with Gasteiger partial charge in [0.2, 0.25) is 0 Å². The smallest absolute Gasteiger partial charge is 0.251 e. The second kappa shape index (κ2) is 6.10. The van der Waals surface area contributed by atoms with Crippen LogP contribution in [0.1, 0.15) is 10.4 Å². The first kappa shape index (κ1) is 12.5. The van der Waals surface area contributed by atoms with E-state index in [-0.39, 0.29) is 5.91 Å². The monoisotopic (exact) mass is 291 g/mol. The van der Waals surface area contributed by atoms with Crippen LogP contribution in [-0.4, -0.2) is 26.2 Å². The van der Waals surface area contributed by atoms with E-state index in [1.165, 1.54) is 0 Å². The molecule has 1 aromatic carbocycles. The van der Waals surface area contributed by atoms with E-state index in [1.54, 1.807) is 25.3 Å². The predicted molar refractivity (Wildman–Crippen MR) is 63.4 cm³/mol. The number of carbonyl (C=O) groups excluding carboxylic acids is 1. The molecule has 0 aliphatic carbocycles. The molecule has 15 heavy (non-hydrogen) atoms. The van der Waals surface area contributed by atoms with E-state index < -0.39 is 0 Å². The Morgan fingerprint density at radius 2 is 2.27 bits per heavy atom. The van der Waals surface area contributed by atoms with E-state index >= 15 is 0 Å².